The molecule has 1 aromatic rings. The van der Waals surface area contributed by atoms with Crippen LogP contribution in [0.25, 0.3) is 5.70 Å². The minimum absolute atomic E-state index is 0.0323. The Morgan fingerprint density at radius 2 is 1.76 bits per heavy atom. The molecule has 0 aliphatic rings. The summed E-state index contributed by atoms with van der Waals surface area (Å²) in [6, 6.07) is 4.24. The fourth-order valence-electron chi connectivity index (χ4n) is 1.41. The number of oxime groups is 1. The zero-order valence-electron chi connectivity index (χ0n) is 10.8. The topological polar surface area (TPSA) is 97.0 Å². The number of hydrogen-bond donors (Lipinski definition) is 3. The van der Waals surface area contributed by atoms with Gasteiger partial charge in [-0.15, -0.1) is 0 Å². The maximum absolute atomic E-state index is 12.4. The normalized spacial score (nSPS) is 14.1. The molecule has 0 aliphatic carbocycles. The molecule has 0 spiro atoms. The second kappa shape index (κ2) is 6.60. The minimum atomic E-state index is -4.42. The van der Waals surface area contributed by atoms with Crippen molar-refractivity contribution in [1.29, 1.82) is 0 Å². The third-order valence-corrected chi connectivity index (χ3v) is 2.44. The molecule has 21 heavy (non-hydrogen) atoms. The lowest BCUT2D eigenvalue weighted by Crippen LogP contribution is -2.23. The molecule has 0 unspecified atom stereocenters. The van der Waals surface area contributed by atoms with Gasteiger partial charge in [-0.2, -0.15) is 13.2 Å². The van der Waals surface area contributed by atoms with Crippen molar-refractivity contribution >= 4 is 17.2 Å². The van der Waals surface area contributed by atoms with Crippen molar-refractivity contribution in [3.63, 3.8) is 0 Å². The summed E-state index contributed by atoms with van der Waals surface area (Å²) < 4.78 is 37.3. The second-order valence-corrected chi connectivity index (χ2v) is 3.86. The highest BCUT2D eigenvalue weighted by Crippen LogP contribution is 2.29. The molecule has 0 fully saturated rings. The van der Waals surface area contributed by atoms with Crippen molar-refractivity contribution in [3.05, 3.63) is 54.2 Å². The molecule has 0 amide bonds. The Labute approximate surface area is 118 Å². The van der Waals surface area contributed by atoms with E-state index >= 15 is 0 Å². The van der Waals surface area contributed by atoms with Crippen LogP contribution in [0.2, 0.25) is 0 Å². The van der Waals surface area contributed by atoms with E-state index in [0.29, 0.717) is 5.56 Å². The van der Waals surface area contributed by atoms with Crippen molar-refractivity contribution in [3.8, 4) is 0 Å². The molecule has 112 valence electrons. The zero-order chi connectivity index (χ0) is 16.0. The summed E-state index contributed by atoms with van der Waals surface area (Å²) in [7, 11) is 0. The Hall–Kier alpha value is -2.77. The van der Waals surface area contributed by atoms with Crippen LogP contribution in [0, 0.1) is 0 Å². The first-order valence-corrected chi connectivity index (χ1v) is 5.61. The third-order valence-electron chi connectivity index (χ3n) is 2.44. The lowest BCUT2D eigenvalue weighted by molar-refractivity contribution is -0.137. The molecule has 0 aliphatic heterocycles. The predicted octanol–water partition coefficient (Wildman–Crippen LogP) is 2.34. The molecule has 0 heterocycles. The van der Waals surface area contributed by atoms with Gasteiger partial charge in [0.05, 0.1) is 5.56 Å². The second-order valence-electron chi connectivity index (χ2n) is 3.86. The predicted molar refractivity (Wildman–Crippen MR) is 74.6 cm³/mol. The quantitative estimate of drug-likeness (QED) is 0.344. The van der Waals surface area contributed by atoms with Crippen LogP contribution in [-0.4, -0.2) is 16.8 Å². The molecule has 1 aromatic carbocycles. The van der Waals surface area contributed by atoms with Gasteiger partial charge in [0.25, 0.3) is 0 Å². The van der Waals surface area contributed by atoms with Crippen molar-refractivity contribution in [2.24, 2.45) is 21.6 Å². The van der Waals surface area contributed by atoms with E-state index in [1.54, 1.807) is 0 Å². The highest BCUT2D eigenvalue weighted by atomic mass is 19.4. The van der Waals surface area contributed by atoms with Gasteiger partial charge in [0, 0.05) is 11.9 Å². The van der Waals surface area contributed by atoms with E-state index in [-0.39, 0.29) is 17.2 Å². The Kier molecular flexibility index (Phi) is 5.12. The van der Waals surface area contributed by atoms with E-state index in [9.17, 15) is 13.2 Å². The number of halogens is 3. The number of rotatable bonds is 4. The number of aliphatic imine (C=N–C) groups is 1. The number of nitrogens with zero attached hydrogens (tertiary/aromatic N) is 2. The van der Waals surface area contributed by atoms with Crippen LogP contribution in [0.1, 0.15) is 11.1 Å². The van der Waals surface area contributed by atoms with Crippen LogP contribution in [0.4, 0.5) is 13.2 Å². The molecule has 0 saturated heterocycles. The van der Waals surface area contributed by atoms with E-state index in [0.717, 1.165) is 18.3 Å². The van der Waals surface area contributed by atoms with Gasteiger partial charge in [-0.3, -0.25) is 4.99 Å². The first-order chi connectivity index (χ1) is 9.79. The summed E-state index contributed by atoms with van der Waals surface area (Å²) in [6.07, 6.45) is -2.00. The van der Waals surface area contributed by atoms with Crippen LogP contribution >= 0.6 is 0 Å². The fourth-order valence-corrected chi connectivity index (χ4v) is 1.41. The van der Waals surface area contributed by atoms with E-state index in [1.165, 1.54) is 18.2 Å². The van der Waals surface area contributed by atoms with Crippen LogP contribution < -0.4 is 11.5 Å². The lowest BCUT2D eigenvalue weighted by atomic mass is 10.1. The van der Waals surface area contributed by atoms with E-state index < -0.39 is 11.7 Å². The molecule has 5 N–H and O–H groups in total. The van der Waals surface area contributed by atoms with Crippen LogP contribution in [0.3, 0.4) is 0 Å². The molecule has 0 atom stereocenters. The number of hydrogen-bond acceptors (Lipinski definition) is 4. The summed E-state index contributed by atoms with van der Waals surface area (Å²) in [5.74, 6) is -0.301. The fraction of sp³-hybridized carbons (Fsp3) is 0.0769. The maximum Gasteiger partial charge on any atom is 0.416 e. The van der Waals surface area contributed by atoms with E-state index in [1.807, 2.05) is 0 Å². The minimum Gasteiger partial charge on any atom is -0.409 e. The van der Waals surface area contributed by atoms with Crippen molar-refractivity contribution in [2.75, 3.05) is 0 Å². The van der Waals surface area contributed by atoms with E-state index in [4.69, 9.17) is 16.7 Å². The Bertz CT molecular complexity index is 601. The summed E-state index contributed by atoms with van der Waals surface area (Å²) in [5.41, 5.74) is 10.8. The van der Waals surface area contributed by atoms with Crippen LogP contribution in [0.15, 0.2) is 53.3 Å². The molecular formula is C13H13F3N4O. The van der Waals surface area contributed by atoms with Gasteiger partial charge in [0.1, 0.15) is 5.71 Å². The molecule has 0 bridgehead atoms. The van der Waals surface area contributed by atoms with Gasteiger partial charge >= 0.3 is 6.18 Å². The standard InChI is InChI=1S/C13H13F3N4O/c1-2-19-11(12(18)20-21)7-10(17)8-3-5-9(6-4-8)13(14,15)16/h2-7,21H,1,17H2,(H2,18,20)/b10-7-,19-11?. The molecule has 8 heteroatoms. The van der Waals surface area contributed by atoms with Gasteiger partial charge in [-0.05, 0) is 23.8 Å². The molecule has 0 radical (unpaired) electrons. The van der Waals surface area contributed by atoms with Crippen LogP contribution in [0.5, 0.6) is 0 Å². The van der Waals surface area contributed by atoms with E-state index in [2.05, 4.69) is 16.7 Å². The number of benzene rings is 1. The monoisotopic (exact) mass is 298 g/mol. The van der Waals surface area contributed by atoms with Gasteiger partial charge in [-0.25, -0.2) is 0 Å². The average Bonchev–Trinajstić information content (AvgIpc) is 2.45. The Balaban J connectivity index is 3.12. The maximum atomic E-state index is 12.4. The van der Waals surface area contributed by atoms with Crippen molar-refractivity contribution < 1.29 is 18.4 Å². The molecular weight excluding hydrogens is 285 g/mol. The third kappa shape index (κ3) is 4.37. The largest absolute Gasteiger partial charge is 0.416 e. The summed E-state index contributed by atoms with van der Waals surface area (Å²) >= 11 is 0. The number of amidine groups is 1. The number of alkyl halides is 3. The number of nitrogens with two attached hydrogens (primary N) is 2. The molecule has 0 saturated carbocycles. The summed E-state index contributed by atoms with van der Waals surface area (Å²) in [4.78, 5) is 3.75. The van der Waals surface area contributed by atoms with Gasteiger partial charge in [0.15, 0.2) is 5.84 Å². The van der Waals surface area contributed by atoms with Gasteiger partial charge in [0.2, 0.25) is 0 Å². The summed E-state index contributed by atoms with van der Waals surface area (Å²) in [5, 5.41) is 11.4. The van der Waals surface area contributed by atoms with Crippen LogP contribution in [-0.2, 0) is 6.18 Å². The smallest absolute Gasteiger partial charge is 0.409 e. The highest BCUT2D eigenvalue weighted by Gasteiger charge is 2.29. The average molecular weight is 298 g/mol. The Morgan fingerprint density at radius 3 is 2.19 bits per heavy atom. The first kappa shape index (κ1) is 16.3. The lowest BCUT2D eigenvalue weighted by Gasteiger charge is -2.08. The molecule has 5 nitrogen and oxygen atoms in total. The summed E-state index contributed by atoms with van der Waals surface area (Å²) in [6.45, 7) is 3.36. The molecule has 1 rings (SSSR count). The Morgan fingerprint density at radius 1 is 1.19 bits per heavy atom. The highest BCUT2D eigenvalue weighted by molar-refractivity contribution is 6.46. The van der Waals surface area contributed by atoms with Crippen molar-refractivity contribution in [1.82, 2.24) is 0 Å². The molecule has 0 aromatic heterocycles. The first-order valence-electron chi connectivity index (χ1n) is 5.61. The zero-order valence-corrected chi connectivity index (χ0v) is 10.8. The van der Waals surface area contributed by atoms with Gasteiger partial charge in [-0.1, -0.05) is 23.9 Å². The van der Waals surface area contributed by atoms with Crippen molar-refractivity contribution in [2.45, 2.75) is 6.18 Å². The SMILES string of the molecule is C=CN=C(/C=C(\N)c1ccc(C(F)(F)F)cc1)/C(N)=N/O. The van der Waals surface area contributed by atoms with Gasteiger partial charge < -0.3 is 16.7 Å².